The molecule has 0 saturated carbocycles. The van der Waals surface area contributed by atoms with E-state index in [1.165, 1.54) is 0 Å². The number of H-pyrrole nitrogens is 1. The van der Waals surface area contributed by atoms with Crippen LogP contribution in [0.5, 0.6) is 0 Å². The second-order valence-electron chi connectivity index (χ2n) is 5.10. The molecule has 0 spiro atoms. The molecule has 108 valence electrons. The van der Waals surface area contributed by atoms with E-state index >= 15 is 0 Å². The zero-order valence-corrected chi connectivity index (χ0v) is 12.9. The molecule has 0 amide bonds. The van der Waals surface area contributed by atoms with E-state index in [4.69, 9.17) is 0 Å². The Bertz CT molecular complexity index is 605. The largest absolute Gasteiger partial charge is 0.315 e. The molecule has 1 aliphatic heterocycles. The molecule has 0 radical (unpaired) electrons. The third-order valence-corrected chi connectivity index (χ3v) is 6.68. The Balaban J connectivity index is 2.14. The summed E-state index contributed by atoms with van der Waals surface area (Å²) in [6.07, 6.45) is 1.58. The van der Waals surface area contributed by atoms with Gasteiger partial charge in [0.15, 0.2) is 4.21 Å². The van der Waals surface area contributed by atoms with E-state index < -0.39 is 10.0 Å². The summed E-state index contributed by atoms with van der Waals surface area (Å²) in [6.45, 7) is 4.56. The van der Waals surface area contributed by atoms with Gasteiger partial charge in [0.1, 0.15) is 0 Å². The number of hydrogen-bond donors (Lipinski definition) is 2. The highest BCUT2D eigenvalue weighted by atomic mass is 32.2. The number of aryl methyl sites for hydroxylation is 1. The van der Waals surface area contributed by atoms with Crippen molar-refractivity contribution in [1.29, 1.82) is 0 Å². The van der Waals surface area contributed by atoms with Crippen molar-refractivity contribution in [2.75, 3.05) is 13.6 Å². The third-order valence-electron chi connectivity index (χ3n) is 3.56. The summed E-state index contributed by atoms with van der Waals surface area (Å²) in [6, 6.07) is 0.292. The monoisotopic (exact) mass is 305 g/mol. The van der Waals surface area contributed by atoms with E-state index in [-0.39, 0.29) is 15.1 Å². The number of sulfonamides is 1. The Morgan fingerprint density at radius 2 is 2.16 bits per heavy atom. The SMILES string of the molecule is Cc1[nH]c(=O)sc1S(=O)(=O)NC1CCN(C)C(C)C1. The second kappa shape index (κ2) is 5.35. The Kier molecular flexibility index (Phi) is 4.14. The lowest BCUT2D eigenvalue weighted by atomic mass is 10.0. The van der Waals surface area contributed by atoms with Gasteiger partial charge in [-0.25, -0.2) is 13.1 Å². The molecule has 2 atom stereocenters. The van der Waals surface area contributed by atoms with Crippen LogP contribution in [0.1, 0.15) is 25.5 Å². The van der Waals surface area contributed by atoms with E-state index in [0.29, 0.717) is 11.7 Å². The molecule has 1 aromatic rings. The van der Waals surface area contributed by atoms with E-state index in [0.717, 1.165) is 30.7 Å². The first kappa shape index (κ1) is 14.7. The number of nitrogens with one attached hydrogen (secondary N) is 2. The molecule has 2 heterocycles. The molecule has 1 fully saturated rings. The van der Waals surface area contributed by atoms with Gasteiger partial charge in [-0.15, -0.1) is 0 Å². The van der Waals surface area contributed by atoms with E-state index in [1.807, 2.05) is 7.05 Å². The molecule has 0 aliphatic carbocycles. The predicted octanol–water partition coefficient (Wildman–Crippen LogP) is 0.506. The van der Waals surface area contributed by atoms with Crippen molar-refractivity contribution in [3.8, 4) is 0 Å². The molecule has 2 N–H and O–H groups in total. The smallest absolute Gasteiger partial charge is 0.305 e. The summed E-state index contributed by atoms with van der Waals surface area (Å²) < 4.78 is 27.3. The normalized spacial score (nSPS) is 25.6. The van der Waals surface area contributed by atoms with Gasteiger partial charge in [0.05, 0.1) is 0 Å². The van der Waals surface area contributed by atoms with Crippen LogP contribution in [-0.2, 0) is 10.0 Å². The van der Waals surface area contributed by atoms with Crippen LogP contribution in [0.4, 0.5) is 0 Å². The quantitative estimate of drug-likeness (QED) is 0.852. The maximum Gasteiger partial charge on any atom is 0.305 e. The third kappa shape index (κ3) is 3.25. The fraction of sp³-hybridized carbons (Fsp3) is 0.727. The predicted molar refractivity (Wildman–Crippen MR) is 75.1 cm³/mol. The van der Waals surface area contributed by atoms with Crippen LogP contribution in [0, 0.1) is 6.92 Å². The summed E-state index contributed by atoms with van der Waals surface area (Å²) in [7, 11) is -1.55. The fourth-order valence-electron chi connectivity index (χ4n) is 2.32. The topological polar surface area (TPSA) is 82.3 Å². The van der Waals surface area contributed by atoms with Gasteiger partial charge in [-0.1, -0.05) is 11.3 Å². The number of likely N-dealkylation sites (tertiary alicyclic amines) is 1. The van der Waals surface area contributed by atoms with Crippen molar-refractivity contribution in [3.63, 3.8) is 0 Å². The summed E-state index contributed by atoms with van der Waals surface area (Å²) in [5, 5.41) is 0. The highest BCUT2D eigenvalue weighted by Gasteiger charge is 2.29. The maximum atomic E-state index is 12.2. The minimum atomic E-state index is -3.59. The van der Waals surface area contributed by atoms with Crippen LogP contribution in [0.25, 0.3) is 0 Å². The molecule has 1 saturated heterocycles. The molecule has 0 aromatic carbocycles. The molecule has 19 heavy (non-hydrogen) atoms. The van der Waals surface area contributed by atoms with Crippen molar-refractivity contribution >= 4 is 21.4 Å². The van der Waals surface area contributed by atoms with Gasteiger partial charge in [0.2, 0.25) is 0 Å². The Morgan fingerprint density at radius 3 is 2.68 bits per heavy atom. The average Bonchev–Trinajstić information content (AvgIpc) is 2.63. The Hall–Kier alpha value is -0.700. The second-order valence-corrected chi connectivity index (χ2v) is 7.99. The number of aromatic nitrogens is 1. The van der Waals surface area contributed by atoms with Gasteiger partial charge < -0.3 is 9.88 Å². The lowest BCUT2D eigenvalue weighted by Gasteiger charge is -2.35. The molecular weight excluding hydrogens is 286 g/mol. The molecule has 1 aliphatic rings. The minimum Gasteiger partial charge on any atom is -0.315 e. The molecule has 2 rings (SSSR count). The number of nitrogens with zero attached hydrogens (tertiary/aromatic N) is 1. The summed E-state index contributed by atoms with van der Waals surface area (Å²) >= 11 is 0.739. The molecule has 1 aromatic heterocycles. The average molecular weight is 305 g/mol. The first-order valence-electron chi connectivity index (χ1n) is 6.22. The van der Waals surface area contributed by atoms with Gasteiger partial charge in [0.25, 0.3) is 10.0 Å². The first-order valence-corrected chi connectivity index (χ1v) is 8.52. The number of aromatic amines is 1. The Labute approximate surface area is 116 Å². The highest BCUT2D eigenvalue weighted by Crippen LogP contribution is 2.20. The number of thiazole rings is 1. The molecule has 8 heteroatoms. The minimum absolute atomic E-state index is 0.0622. The highest BCUT2D eigenvalue weighted by molar-refractivity contribution is 7.91. The van der Waals surface area contributed by atoms with Crippen molar-refractivity contribution in [2.24, 2.45) is 0 Å². The fourth-order valence-corrected chi connectivity index (χ4v) is 4.92. The number of hydrogen-bond acceptors (Lipinski definition) is 5. The van der Waals surface area contributed by atoms with Crippen molar-refractivity contribution in [2.45, 2.75) is 43.0 Å². The van der Waals surface area contributed by atoms with Crippen LogP contribution in [0.3, 0.4) is 0 Å². The standard InChI is InChI=1S/C11H19N3O3S2/c1-7-6-9(4-5-14(7)3)13-19(16,17)10-8(2)12-11(15)18-10/h7,9,13H,4-6H2,1-3H3,(H,12,15). The molecular formula is C11H19N3O3S2. The lowest BCUT2D eigenvalue weighted by Crippen LogP contribution is -2.47. The van der Waals surface area contributed by atoms with Crippen molar-refractivity contribution < 1.29 is 8.42 Å². The zero-order valence-electron chi connectivity index (χ0n) is 11.3. The van der Waals surface area contributed by atoms with Gasteiger partial charge in [0, 0.05) is 17.8 Å². The lowest BCUT2D eigenvalue weighted by molar-refractivity contribution is 0.178. The first-order chi connectivity index (χ1) is 8.79. The van der Waals surface area contributed by atoms with Gasteiger partial charge in [-0.2, -0.15) is 0 Å². The van der Waals surface area contributed by atoms with Crippen molar-refractivity contribution in [3.05, 3.63) is 15.4 Å². The van der Waals surface area contributed by atoms with Gasteiger partial charge >= 0.3 is 4.87 Å². The van der Waals surface area contributed by atoms with E-state index in [2.05, 4.69) is 21.5 Å². The van der Waals surface area contributed by atoms with Crippen LogP contribution in [0.2, 0.25) is 0 Å². The van der Waals surface area contributed by atoms with Gasteiger partial charge in [-0.05, 0) is 40.3 Å². The van der Waals surface area contributed by atoms with Crippen molar-refractivity contribution in [1.82, 2.24) is 14.6 Å². The number of piperidine rings is 1. The van der Waals surface area contributed by atoms with Crippen LogP contribution >= 0.6 is 11.3 Å². The van der Waals surface area contributed by atoms with Crippen LogP contribution in [-0.4, -0.2) is 44.0 Å². The maximum absolute atomic E-state index is 12.2. The summed E-state index contributed by atoms with van der Waals surface area (Å²) in [5.74, 6) is 0. The summed E-state index contributed by atoms with van der Waals surface area (Å²) in [4.78, 5) is 15.6. The summed E-state index contributed by atoms with van der Waals surface area (Å²) in [5.41, 5.74) is 0.406. The van der Waals surface area contributed by atoms with E-state index in [9.17, 15) is 13.2 Å². The molecule has 0 bridgehead atoms. The van der Waals surface area contributed by atoms with Crippen LogP contribution in [0.15, 0.2) is 9.00 Å². The van der Waals surface area contributed by atoms with Gasteiger partial charge in [-0.3, -0.25) is 4.79 Å². The van der Waals surface area contributed by atoms with E-state index in [1.54, 1.807) is 6.92 Å². The molecule has 6 nitrogen and oxygen atoms in total. The Morgan fingerprint density at radius 1 is 1.47 bits per heavy atom. The molecule has 2 unspecified atom stereocenters. The van der Waals surface area contributed by atoms with Crippen LogP contribution < -0.4 is 9.60 Å². The number of rotatable bonds is 3. The zero-order chi connectivity index (χ0) is 14.2.